The third kappa shape index (κ3) is 4.13. The fourth-order valence-corrected chi connectivity index (χ4v) is 7.22. The maximum absolute atomic E-state index is 7.19. The molecular formula is C43H29BO2. The molecule has 2 nitrogen and oxygen atoms in total. The van der Waals surface area contributed by atoms with Crippen molar-refractivity contribution in [3.8, 4) is 67.5 Å². The third-order valence-corrected chi connectivity index (χ3v) is 9.37. The van der Waals surface area contributed by atoms with Gasteiger partial charge in [0.2, 0.25) is 0 Å². The molecule has 0 fully saturated rings. The van der Waals surface area contributed by atoms with Crippen molar-refractivity contribution in [2.45, 2.75) is 6.92 Å². The van der Waals surface area contributed by atoms with Gasteiger partial charge < -0.3 is 9.47 Å². The molecule has 2 aliphatic rings. The summed E-state index contributed by atoms with van der Waals surface area (Å²) < 4.78 is 14.3. The molecule has 0 radical (unpaired) electrons. The minimum atomic E-state index is -0.0868. The molecule has 7 aromatic rings. The van der Waals surface area contributed by atoms with Gasteiger partial charge in [0.25, 0.3) is 6.71 Å². The van der Waals surface area contributed by atoms with Crippen LogP contribution in [0.4, 0.5) is 0 Å². The van der Waals surface area contributed by atoms with Crippen LogP contribution in [-0.2, 0) is 0 Å². The van der Waals surface area contributed by atoms with Crippen LogP contribution < -0.4 is 25.9 Å². The van der Waals surface area contributed by atoms with Gasteiger partial charge in [0.05, 0.1) is 0 Å². The Morgan fingerprint density at radius 3 is 1.35 bits per heavy atom. The fraction of sp³-hybridized carbons (Fsp3) is 0.0233. The standard InChI is InChI=1S/C43H29BO2/c1-28-15-11-12-22-32(28)34-24-14-26-38-41(34)46-43-36(31-20-9-4-10-21-31)27-35(30-18-7-3-8-19-30)42-39(43)44(38)37-25-13-23-33(40(37)45-42)29-16-5-2-6-17-29/h2-27H,1H3. The highest BCUT2D eigenvalue weighted by atomic mass is 16.5. The Kier molecular flexibility index (Phi) is 6.17. The molecule has 0 aliphatic carbocycles. The van der Waals surface area contributed by atoms with Crippen LogP contribution in [0.15, 0.2) is 158 Å². The lowest BCUT2D eigenvalue weighted by molar-refractivity contribution is 0.468. The van der Waals surface area contributed by atoms with Gasteiger partial charge >= 0.3 is 0 Å². The van der Waals surface area contributed by atoms with Gasteiger partial charge in [0.1, 0.15) is 23.0 Å². The number of para-hydroxylation sites is 2. The molecule has 2 heterocycles. The van der Waals surface area contributed by atoms with Gasteiger partial charge in [0.15, 0.2) is 0 Å². The molecule has 9 rings (SSSR count). The summed E-state index contributed by atoms with van der Waals surface area (Å²) in [5.74, 6) is 3.52. The maximum Gasteiger partial charge on any atom is 0.260 e. The summed E-state index contributed by atoms with van der Waals surface area (Å²) in [6.45, 7) is 2.08. The molecule has 0 N–H and O–H groups in total. The topological polar surface area (TPSA) is 18.5 Å². The van der Waals surface area contributed by atoms with Crippen LogP contribution in [-0.4, -0.2) is 6.71 Å². The van der Waals surface area contributed by atoms with Crippen molar-refractivity contribution in [1.82, 2.24) is 0 Å². The smallest absolute Gasteiger partial charge is 0.260 e. The van der Waals surface area contributed by atoms with E-state index in [4.69, 9.17) is 9.47 Å². The van der Waals surface area contributed by atoms with E-state index in [0.29, 0.717) is 0 Å². The predicted octanol–water partition coefficient (Wildman–Crippen LogP) is 9.39. The van der Waals surface area contributed by atoms with Crippen molar-refractivity contribution >= 4 is 23.1 Å². The van der Waals surface area contributed by atoms with Crippen molar-refractivity contribution < 1.29 is 9.47 Å². The molecule has 0 saturated carbocycles. The van der Waals surface area contributed by atoms with Gasteiger partial charge in [-0.2, -0.15) is 0 Å². The first-order chi connectivity index (χ1) is 22.8. The van der Waals surface area contributed by atoms with Crippen LogP contribution in [0.3, 0.4) is 0 Å². The first-order valence-corrected chi connectivity index (χ1v) is 15.8. The molecule has 3 heteroatoms. The first kappa shape index (κ1) is 26.6. The summed E-state index contributed by atoms with van der Waals surface area (Å²) in [6.07, 6.45) is 0. The van der Waals surface area contributed by atoms with Crippen LogP contribution in [0.1, 0.15) is 5.56 Å². The van der Waals surface area contributed by atoms with E-state index in [0.717, 1.165) is 78.3 Å². The molecule has 216 valence electrons. The zero-order valence-corrected chi connectivity index (χ0v) is 25.4. The molecule has 0 saturated heterocycles. The average Bonchev–Trinajstić information content (AvgIpc) is 3.12. The zero-order chi connectivity index (χ0) is 30.6. The minimum Gasteiger partial charge on any atom is -0.457 e. The van der Waals surface area contributed by atoms with E-state index in [-0.39, 0.29) is 6.71 Å². The normalized spacial score (nSPS) is 12.3. The van der Waals surface area contributed by atoms with Crippen LogP contribution in [0, 0.1) is 6.92 Å². The lowest BCUT2D eigenvalue weighted by Gasteiger charge is -2.37. The van der Waals surface area contributed by atoms with E-state index in [1.807, 2.05) is 0 Å². The minimum absolute atomic E-state index is 0.0868. The highest BCUT2D eigenvalue weighted by molar-refractivity contribution is 6.98. The molecule has 2 aliphatic heterocycles. The number of hydrogen-bond donors (Lipinski definition) is 0. The monoisotopic (exact) mass is 588 g/mol. The summed E-state index contributed by atoms with van der Waals surface area (Å²) >= 11 is 0. The van der Waals surface area contributed by atoms with Crippen LogP contribution in [0.2, 0.25) is 0 Å². The van der Waals surface area contributed by atoms with Crippen LogP contribution >= 0.6 is 0 Å². The van der Waals surface area contributed by atoms with E-state index in [9.17, 15) is 0 Å². The Bertz CT molecular complexity index is 2260. The van der Waals surface area contributed by atoms with E-state index in [1.54, 1.807) is 0 Å². The van der Waals surface area contributed by atoms with Gasteiger partial charge in [-0.15, -0.1) is 0 Å². The summed E-state index contributed by atoms with van der Waals surface area (Å²) in [5, 5.41) is 0. The SMILES string of the molecule is Cc1ccccc1-c1cccc2c1Oc1c(-c3ccccc3)cc(-c3ccccc3)c3c1B2c1cccc(-c2ccccc2)c1O3. The van der Waals surface area contributed by atoms with Crippen LogP contribution in [0.25, 0.3) is 44.5 Å². The van der Waals surface area contributed by atoms with E-state index in [2.05, 4.69) is 165 Å². The molecule has 0 spiro atoms. The van der Waals surface area contributed by atoms with E-state index in [1.165, 1.54) is 11.1 Å². The number of aryl methyl sites for hydroxylation is 1. The Labute approximate surface area is 269 Å². The fourth-order valence-electron chi connectivity index (χ4n) is 7.22. The predicted molar refractivity (Wildman–Crippen MR) is 191 cm³/mol. The number of hydrogen-bond acceptors (Lipinski definition) is 2. The number of benzene rings is 7. The molecular weight excluding hydrogens is 559 g/mol. The Morgan fingerprint density at radius 1 is 0.370 bits per heavy atom. The van der Waals surface area contributed by atoms with Gasteiger partial charge in [-0.05, 0) is 51.7 Å². The Morgan fingerprint density at radius 2 is 0.804 bits per heavy atom. The highest BCUT2D eigenvalue weighted by Gasteiger charge is 2.44. The van der Waals surface area contributed by atoms with Gasteiger partial charge in [-0.3, -0.25) is 0 Å². The second kappa shape index (κ2) is 10.7. The summed E-state index contributed by atoms with van der Waals surface area (Å²) in [4.78, 5) is 0. The molecule has 0 atom stereocenters. The Hall–Kier alpha value is -5.80. The summed E-state index contributed by atoms with van der Waals surface area (Å²) in [6, 6.07) is 55.7. The van der Waals surface area contributed by atoms with Gasteiger partial charge in [0, 0.05) is 27.7 Å². The van der Waals surface area contributed by atoms with E-state index < -0.39 is 0 Å². The van der Waals surface area contributed by atoms with Gasteiger partial charge in [-0.1, -0.05) is 152 Å². The molecule has 0 amide bonds. The second-order valence-corrected chi connectivity index (χ2v) is 12.0. The molecule has 46 heavy (non-hydrogen) atoms. The van der Waals surface area contributed by atoms with Crippen molar-refractivity contribution in [2.75, 3.05) is 0 Å². The van der Waals surface area contributed by atoms with Crippen molar-refractivity contribution in [1.29, 1.82) is 0 Å². The largest absolute Gasteiger partial charge is 0.457 e. The lowest BCUT2D eigenvalue weighted by Crippen LogP contribution is -2.57. The molecule has 0 bridgehead atoms. The first-order valence-electron chi connectivity index (χ1n) is 15.8. The van der Waals surface area contributed by atoms with Crippen molar-refractivity contribution in [3.63, 3.8) is 0 Å². The zero-order valence-electron chi connectivity index (χ0n) is 25.4. The van der Waals surface area contributed by atoms with Crippen molar-refractivity contribution in [2.24, 2.45) is 0 Å². The lowest BCUT2D eigenvalue weighted by atomic mass is 9.34. The quantitative estimate of drug-likeness (QED) is 0.191. The number of rotatable bonds is 4. The van der Waals surface area contributed by atoms with E-state index >= 15 is 0 Å². The van der Waals surface area contributed by atoms with Crippen LogP contribution in [0.5, 0.6) is 23.0 Å². The highest BCUT2D eigenvalue weighted by Crippen LogP contribution is 2.49. The number of ether oxygens (including phenoxy) is 2. The molecule has 7 aromatic carbocycles. The van der Waals surface area contributed by atoms with Crippen molar-refractivity contribution in [3.05, 3.63) is 163 Å². The molecule has 0 aromatic heterocycles. The van der Waals surface area contributed by atoms with Gasteiger partial charge in [-0.25, -0.2) is 0 Å². The third-order valence-electron chi connectivity index (χ3n) is 9.37. The molecule has 0 unspecified atom stereocenters. The average molecular weight is 589 g/mol. The number of fused-ring (bicyclic) bond motifs is 4. The maximum atomic E-state index is 7.19. The Balaban J connectivity index is 1.40. The summed E-state index contributed by atoms with van der Waals surface area (Å²) in [7, 11) is 0. The summed E-state index contributed by atoms with van der Waals surface area (Å²) in [5.41, 5.74) is 13.4. The second-order valence-electron chi connectivity index (χ2n) is 12.0.